The van der Waals surface area contributed by atoms with Crippen LogP contribution in [-0.4, -0.2) is 0 Å². The van der Waals surface area contributed by atoms with E-state index in [9.17, 15) is 0 Å². The first-order valence-electron chi connectivity index (χ1n) is 14.0. The Morgan fingerprint density at radius 3 is 2.15 bits per heavy atom. The number of allylic oxidation sites excluding steroid dienone is 6. The van der Waals surface area contributed by atoms with Crippen molar-refractivity contribution in [3.63, 3.8) is 0 Å². The van der Waals surface area contributed by atoms with Crippen LogP contribution in [0.4, 0.5) is 5.69 Å². The van der Waals surface area contributed by atoms with Gasteiger partial charge < -0.3 is 4.90 Å². The van der Waals surface area contributed by atoms with E-state index in [0.29, 0.717) is 5.92 Å². The summed E-state index contributed by atoms with van der Waals surface area (Å²) in [5, 5.41) is 2.38. The summed E-state index contributed by atoms with van der Waals surface area (Å²) in [7, 11) is 0. The molecule has 0 bridgehead atoms. The summed E-state index contributed by atoms with van der Waals surface area (Å²) in [6.45, 7) is 0. The molecule has 6 rings (SSSR count). The molecule has 5 aromatic rings. The van der Waals surface area contributed by atoms with Crippen molar-refractivity contribution in [3.8, 4) is 23.5 Å². The van der Waals surface area contributed by atoms with Crippen molar-refractivity contribution < 1.29 is 0 Å². The van der Waals surface area contributed by atoms with Crippen molar-refractivity contribution in [2.24, 2.45) is 0 Å². The molecule has 0 radical (unpaired) electrons. The zero-order chi connectivity index (χ0) is 27.9. The summed E-state index contributed by atoms with van der Waals surface area (Å²) < 4.78 is 0. The second-order valence-electron chi connectivity index (χ2n) is 10.1. The van der Waals surface area contributed by atoms with Crippen LogP contribution in [0.1, 0.15) is 23.5 Å². The molecule has 196 valence electrons. The standard InChI is InChI=1S/C40H31N/c1-2-12-35(40-20-11-18-36-17-9-10-19-39(36)40)29-30-41(37-25-21-33(22-26-37)31-13-5-3-6-14-31)38-27-23-34(24-28-38)32-15-7-4-8-16-32/h1,3-23,25-30,34H,24H2/b30-29-,35-12+. The molecule has 1 unspecified atom stereocenters. The lowest BCUT2D eigenvalue weighted by atomic mass is 9.91. The van der Waals surface area contributed by atoms with Gasteiger partial charge in [0.1, 0.15) is 0 Å². The van der Waals surface area contributed by atoms with Crippen molar-refractivity contribution in [1.82, 2.24) is 0 Å². The summed E-state index contributed by atoms with van der Waals surface area (Å²) in [6.07, 6.45) is 19.8. The number of benzene rings is 5. The van der Waals surface area contributed by atoms with E-state index in [1.54, 1.807) is 0 Å². The molecule has 1 aliphatic carbocycles. The predicted octanol–water partition coefficient (Wildman–Crippen LogP) is 10.2. The maximum atomic E-state index is 5.82. The third-order valence-corrected chi connectivity index (χ3v) is 7.58. The van der Waals surface area contributed by atoms with Gasteiger partial charge in [0.25, 0.3) is 0 Å². The summed E-state index contributed by atoms with van der Waals surface area (Å²) in [5.41, 5.74) is 8.08. The highest BCUT2D eigenvalue weighted by Crippen LogP contribution is 2.33. The summed E-state index contributed by atoms with van der Waals surface area (Å²) in [5.74, 6) is 3.14. The zero-order valence-corrected chi connectivity index (χ0v) is 22.9. The molecule has 41 heavy (non-hydrogen) atoms. The van der Waals surface area contributed by atoms with E-state index in [4.69, 9.17) is 6.42 Å². The molecule has 0 saturated heterocycles. The first-order valence-corrected chi connectivity index (χ1v) is 14.0. The maximum absolute atomic E-state index is 5.82. The fourth-order valence-electron chi connectivity index (χ4n) is 5.44. The molecule has 0 saturated carbocycles. The topological polar surface area (TPSA) is 3.24 Å². The van der Waals surface area contributed by atoms with Crippen molar-refractivity contribution in [2.45, 2.75) is 12.3 Å². The number of hydrogen-bond donors (Lipinski definition) is 0. The summed E-state index contributed by atoms with van der Waals surface area (Å²) in [6, 6.07) is 44.7. The summed E-state index contributed by atoms with van der Waals surface area (Å²) in [4.78, 5) is 2.25. The van der Waals surface area contributed by atoms with Gasteiger partial charge >= 0.3 is 0 Å². The van der Waals surface area contributed by atoms with E-state index in [1.807, 2.05) is 12.1 Å². The van der Waals surface area contributed by atoms with Gasteiger partial charge in [-0.1, -0.05) is 133 Å². The molecule has 0 heterocycles. The Bertz CT molecular complexity index is 1790. The molecule has 0 aliphatic heterocycles. The average Bonchev–Trinajstić information content (AvgIpc) is 3.05. The van der Waals surface area contributed by atoms with Crippen LogP contribution in [0.3, 0.4) is 0 Å². The van der Waals surface area contributed by atoms with Crippen LogP contribution in [0.5, 0.6) is 0 Å². The fourth-order valence-corrected chi connectivity index (χ4v) is 5.44. The molecular formula is C40H31N. The van der Waals surface area contributed by atoms with Crippen LogP contribution in [0.15, 0.2) is 170 Å². The van der Waals surface area contributed by atoms with E-state index < -0.39 is 0 Å². The van der Waals surface area contributed by atoms with E-state index >= 15 is 0 Å². The minimum atomic E-state index is 0.374. The molecule has 0 N–H and O–H groups in total. The van der Waals surface area contributed by atoms with Gasteiger partial charge in [0, 0.05) is 23.5 Å². The number of fused-ring (bicyclic) bond motifs is 1. The van der Waals surface area contributed by atoms with Crippen LogP contribution in [0.25, 0.3) is 27.5 Å². The van der Waals surface area contributed by atoms with Crippen LogP contribution in [-0.2, 0) is 0 Å². The van der Waals surface area contributed by atoms with Gasteiger partial charge in [-0.25, -0.2) is 0 Å². The Morgan fingerprint density at radius 2 is 1.41 bits per heavy atom. The quantitative estimate of drug-likeness (QED) is 0.151. The molecule has 1 aliphatic rings. The van der Waals surface area contributed by atoms with Crippen LogP contribution >= 0.6 is 0 Å². The van der Waals surface area contributed by atoms with Gasteiger partial charge in [-0.15, -0.1) is 6.42 Å². The number of terminal acetylenes is 1. The molecule has 5 aromatic carbocycles. The number of nitrogens with zero attached hydrogens (tertiary/aromatic N) is 1. The molecule has 0 amide bonds. The molecule has 1 nitrogen and oxygen atoms in total. The van der Waals surface area contributed by atoms with Gasteiger partial charge in [0.05, 0.1) is 0 Å². The highest BCUT2D eigenvalue weighted by Gasteiger charge is 2.16. The SMILES string of the molecule is C#C/C=C(\C=C/N(C1=CCC(c2ccccc2)C=C1)c1ccc(-c2ccccc2)cc1)c1cccc2ccccc12. The number of anilines is 1. The smallest absolute Gasteiger partial charge is 0.0455 e. The van der Waals surface area contributed by atoms with Gasteiger partial charge in [-0.3, -0.25) is 0 Å². The molecule has 0 spiro atoms. The van der Waals surface area contributed by atoms with Gasteiger partial charge in [-0.2, -0.15) is 0 Å². The van der Waals surface area contributed by atoms with E-state index in [-0.39, 0.29) is 0 Å². The van der Waals surface area contributed by atoms with Gasteiger partial charge in [-0.05, 0) is 75.4 Å². The Hall–Kier alpha value is -5.32. The lowest BCUT2D eigenvalue weighted by Crippen LogP contribution is -2.16. The zero-order valence-electron chi connectivity index (χ0n) is 22.9. The monoisotopic (exact) mass is 525 g/mol. The lowest BCUT2D eigenvalue weighted by Gasteiger charge is -2.26. The second-order valence-corrected chi connectivity index (χ2v) is 10.1. The molecule has 1 heteroatoms. The molecular weight excluding hydrogens is 494 g/mol. The van der Waals surface area contributed by atoms with Crippen LogP contribution in [0.2, 0.25) is 0 Å². The van der Waals surface area contributed by atoms with E-state index in [0.717, 1.165) is 28.9 Å². The maximum Gasteiger partial charge on any atom is 0.0455 e. The Morgan fingerprint density at radius 1 is 0.732 bits per heavy atom. The Balaban J connectivity index is 1.36. The Labute approximate surface area is 243 Å². The van der Waals surface area contributed by atoms with E-state index in [2.05, 4.69) is 163 Å². The highest BCUT2D eigenvalue weighted by atomic mass is 15.1. The fraction of sp³-hybridized carbons (Fsp3) is 0.0500. The lowest BCUT2D eigenvalue weighted by molar-refractivity contribution is 0.839. The molecule has 0 aromatic heterocycles. The predicted molar refractivity (Wildman–Crippen MR) is 175 cm³/mol. The largest absolute Gasteiger partial charge is 0.318 e. The van der Waals surface area contributed by atoms with Gasteiger partial charge in [0.15, 0.2) is 0 Å². The molecule has 1 atom stereocenters. The summed E-state index contributed by atoms with van der Waals surface area (Å²) >= 11 is 0. The first kappa shape index (κ1) is 25.9. The molecule has 0 fully saturated rings. The normalized spacial score (nSPS) is 15.0. The van der Waals surface area contributed by atoms with Gasteiger partial charge in [0.2, 0.25) is 0 Å². The van der Waals surface area contributed by atoms with Crippen molar-refractivity contribution in [2.75, 3.05) is 4.90 Å². The van der Waals surface area contributed by atoms with Crippen LogP contribution < -0.4 is 4.90 Å². The average molecular weight is 526 g/mol. The van der Waals surface area contributed by atoms with Crippen LogP contribution in [0, 0.1) is 12.3 Å². The number of rotatable bonds is 7. The van der Waals surface area contributed by atoms with Crippen molar-refractivity contribution in [3.05, 3.63) is 181 Å². The minimum Gasteiger partial charge on any atom is -0.318 e. The van der Waals surface area contributed by atoms with Crippen molar-refractivity contribution >= 4 is 22.0 Å². The third kappa shape index (κ3) is 5.83. The Kier molecular flexibility index (Phi) is 7.74. The second kappa shape index (κ2) is 12.2. The highest BCUT2D eigenvalue weighted by molar-refractivity contribution is 5.96. The first-order chi connectivity index (χ1) is 20.3. The minimum absolute atomic E-state index is 0.374. The third-order valence-electron chi connectivity index (χ3n) is 7.58. The number of hydrogen-bond acceptors (Lipinski definition) is 1. The van der Waals surface area contributed by atoms with Crippen molar-refractivity contribution in [1.29, 1.82) is 0 Å². The van der Waals surface area contributed by atoms with E-state index in [1.165, 1.54) is 27.5 Å².